The van der Waals surface area contributed by atoms with Gasteiger partial charge in [0.25, 0.3) is 0 Å². The lowest BCUT2D eigenvalue weighted by atomic mass is 9.49. The van der Waals surface area contributed by atoms with Crippen LogP contribution >= 0.6 is 0 Å². The van der Waals surface area contributed by atoms with Crippen molar-refractivity contribution in [1.29, 1.82) is 0 Å². The average Bonchev–Trinajstić information content (AvgIpc) is 2.79. The first-order valence-electron chi connectivity index (χ1n) is 9.98. The predicted molar refractivity (Wildman–Crippen MR) is 117 cm³/mol. The minimum absolute atomic E-state index is 0.383. The third kappa shape index (κ3) is 2.68. The molecule has 150 valence electrons. The largest absolute Gasteiger partial charge is 0.551 e. The molecule has 0 N–H and O–H groups in total. The van der Waals surface area contributed by atoms with E-state index in [4.69, 9.17) is 4.65 Å². The zero-order valence-corrected chi connectivity index (χ0v) is 16.2. The molecule has 31 heavy (non-hydrogen) atoms. The zero-order valence-electron chi connectivity index (χ0n) is 16.2. The zero-order chi connectivity index (χ0) is 21.2. The smallest absolute Gasteiger partial charge is 0.431 e. The van der Waals surface area contributed by atoms with E-state index in [1.165, 1.54) is 12.1 Å². The Hall–Kier alpha value is -3.67. The van der Waals surface area contributed by atoms with Gasteiger partial charge in [-0.15, -0.1) is 0 Å². The molecule has 0 saturated heterocycles. The summed E-state index contributed by atoms with van der Waals surface area (Å²) < 4.78 is 46.5. The Labute approximate surface area is 177 Å². The Morgan fingerprint density at radius 3 is 2.26 bits per heavy atom. The molecule has 2 nitrogen and oxygen atoms in total. The van der Waals surface area contributed by atoms with E-state index >= 15 is 0 Å². The van der Waals surface area contributed by atoms with Crippen LogP contribution in [0.1, 0.15) is 5.56 Å². The lowest BCUT2D eigenvalue weighted by molar-refractivity contribution is -0.137. The molecule has 0 radical (unpaired) electrons. The molecule has 0 amide bonds. The Kier molecular flexibility index (Phi) is 3.75. The summed E-state index contributed by atoms with van der Waals surface area (Å²) in [7, 11) is 0. The minimum atomic E-state index is -4.41. The number of hydrogen-bond donors (Lipinski definition) is 0. The maximum Gasteiger partial charge on any atom is 0.431 e. The van der Waals surface area contributed by atoms with Crippen molar-refractivity contribution in [3.63, 3.8) is 0 Å². The van der Waals surface area contributed by atoms with Crippen LogP contribution in [0.3, 0.4) is 0 Å². The molecule has 0 atom stereocenters. The summed E-state index contributed by atoms with van der Waals surface area (Å²) in [5.74, 6) is 0.464. The van der Waals surface area contributed by atoms with Crippen molar-refractivity contribution < 1.29 is 17.8 Å². The number of nitrogens with zero attached hydrogens (tertiary/aromatic N) is 1. The van der Waals surface area contributed by atoms with E-state index in [-0.39, 0.29) is 6.92 Å². The van der Waals surface area contributed by atoms with Gasteiger partial charge in [-0.05, 0) is 53.5 Å². The fourth-order valence-electron chi connectivity index (χ4n) is 4.58. The normalized spacial score (nSPS) is 13.8. The number of anilines is 3. The quantitative estimate of drug-likeness (QED) is 0.374. The van der Waals surface area contributed by atoms with Crippen LogP contribution in [0.2, 0.25) is 0 Å². The molecule has 2 heterocycles. The third-order valence-electron chi connectivity index (χ3n) is 5.90. The standard InChI is InChI=1S/C25H15BF3NO/c27-25(28,29)16-13-14-23-19(15-16)18-9-6-12-22-24(18)26(31-23)20-10-4-5-11-21(20)30(22)17-7-2-1-3-8-17/h1-15H. The molecule has 6 rings (SSSR count). The highest BCUT2D eigenvalue weighted by Gasteiger charge is 2.42. The van der Waals surface area contributed by atoms with E-state index in [0.717, 1.165) is 39.6 Å². The van der Waals surface area contributed by atoms with E-state index in [2.05, 4.69) is 4.90 Å². The highest BCUT2D eigenvalue weighted by atomic mass is 19.4. The molecule has 0 spiro atoms. The first kappa shape index (κ1) is 18.1. The van der Waals surface area contributed by atoms with Crippen LogP contribution in [0.15, 0.2) is 91.0 Å². The van der Waals surface area contributed by atoms with Crippen molar-refractivity contribution in [3.8, 4) is 16.9 Å². The lowest BCUT2D eigenvalue weighted by Crippen LogP contribution is -2.56. The number of para-hydroxylation sites is 2. The number of halogens is 3. The van der Waals surface area contributed by atoms with Gasteiger partial charge >= 0.3 is 13.1 Å². The first-order chi connectivity index (χ1) is 15.0. The van der Waals surface area contributed by atoms with Gasteiger partial charge in [0.2, 0.25) is 0 Å². The summed E-state index contributed by atoms with van der Waals surface area (Å²) in [5, 5.41) is 0. The van der Waals surface area contributed by atoms with Crippen LogP contribution in [0.25, 0.3) is 11.1 Å². The van der Waals surface area contributed by atoms with Gasteiger partial charge in [0.05, 0.1) is 5.56 Å². The third-order valence-corrected chi connectivity index (χ3v) is 5.90. The van der Waals surface area contributed by atoms with Gasteiger partial charge in [0, 0.05) is 28.1 Å². The van der Waals surface area contributed by atoms with Gasteiger partial charge < -0.3 is 9.55 Å². The maximum atomic E-state index is 13.4. The molecule has 0 aliphatic carbocycles. The van der Waals surface area contributed by atoms with E-state index in [9.17, 15) is 13.2 Å². The molecule has 2 aliphatic heterocycles. The van der Waals surface area contributed by atoms with Crippen molar-refractivity contribution in [2.75, 3.05) is 4.90 Å². The summed E-state index contributed by atoms with van der Waals surface area (Å²) >= 11 is 0. The first-order valence-corrected chi connectivity index (χ1v) is 9.98. The summed E-state index contributed by atoms with van der Waals surface area (Å²) in [6, 6.07) is 27.4. The molecule has 4 aromatic carbocycles. The van der Waals surface area contributed by atoms with E-state index < -0.39 is 11.7 Å². The van der Waals surface area contributed by atoms with Gasteiger partial charge in [0.15, 0.2) is 0 Å². The fourth-order valence-corrected chi connectivity index (χ4v) is 4.58. The van der Waals surface area contributed by atoms with Crippen LogP contribution in [0.4, 0.5) is 30.2 Å². The molecule has 0 aromatic heterocycles. The summed E-state index contributed by atoms with van der Waals surface area (Å²) in [6.07, 6.45) is -4.41. The van der Waals surface area contributed by atoms with E-state index in [0.29, 0.717) is 11.3 Å². The fraction of sp³-hybridized carbons (Fsp3) is 0.0400. The summed E-state index contributed by atoms with van der Waals surface area (Å²) in [4.78, 5) is 2.15. The molecule has 0 fully saturated rings. The van der Waals surface area contributed by atoms with Crippen molar-refractivity contribution in [1.82, 2.24) is 0 Å². The second kappa shape index (κ2) is 6.41. The van der Waals surface area contributed by atoms with E-state index in [1.807, 2.05) is 72.8 Å². The maximum absolute atomic E-state index is 13.4. The van der Waals surface area contributed by atoms with Crippen molar-refractivity contribution in [3.05, 3.63) is 96.6 Å². The molecular weight excluding hydrogens is 398 g/mol. The van der Waals surface area contributed by atoms with Crippen LogP contribution in [0.5, 0.6) is 5.75 Å². The van der Waals surface area contributed by atoms with Crippen molar-refractivity contribution >= 4 is 34.9 Å². The molecule has 4 aromatic rings. The number of fused-ring (bicyclic) bond motifs is 4. The minimum Gasteiger partial charge on any atom is -0.551 e. The molecule has 0 unspecified atom stereocenters. The summed E-state index contributed by atoms with van der Waals surface area (Å²) in [5.41, 5.74) is 5.32. The highest BCUT2D eigenvalue weighted by molar-refractivity contribution is 6.85. The van der Waals surface area contributed by atoms with Gasteiger partial charge in [-0.2, -0.15) is 13.2 Å². The van der Waals surface area contributed by atoms with Gasteiger partial charge in [0.1, 0.15) is 5.75 Å². The number of rotatable bonds is 1. The molecule has 0 saturated carbocycles. The van der Waals surface area contributed by atoms with Crippen molar-refractivity contribution in [2.24, 2.45) is 0 Å². The Morgan fingerprint density at radius 2 is 1.45 bits per heavy atom. The lowest BCUT2D eigenvalue weighted by Gasteiger charge is -2.39. The SMILES string of the molecule is FC(F)(F)c1ccc2c(c1)-c1cccc3c1B(O2)c1ccccc1N3c1ccccc1. The Morgan fingerprint density at radius 1 is 0.710 bits per heavy atom. The number of alkyl halides is 3. The number of hydrogen-bond acceptors (Lipinski definition) is 2. The monoisotopic (exact) mass is 413 g/mol. The van der Waals surface area contributed by atoms with Crippen molar-refractivity contribution in [2.45, 2.75) is 6.18 Å². The Balaban J connectivity index is 1.64. The molecule has 2 aliphatic rings. The molecule has 0 bridgehead atoms. The average molecular weight is 413 g/mol. The second-order valence-electron chi connectivity index (χ2n) is 7.67. The van der Waals surface area contributed by atoms with Gasteiger partial charge in [-0.25, -0.2) is 0 Å². The second-order valence-corrected chi connectivity index (χ2v) is 7.67. The van der Waals surface area contributed by atoms with Crippen LogP contribution in [0, 0.1) is 0 Å². The van der Waals surface area contributed by atoms with Gasteiger partial charge in [-0.3, -0.25) is 0 Å². The van der Waals surface area contributed by atoms with Crippen LogP contribution in [-0.4, -0.2) is 6.92 Å². The van der Waals surface area contributed by atoms with Crippen LogP contribution in [-0.2, 0) is 6.18 Å². The molecule has 6 heteroatoms. The topological polar surface area (TPSA) is 12.5 Å². The highest BCUT2D eigenvalue weighted by Crippen LogP contribution is 2.44. The Bertz CT molecular complexity index is 1320. The van der Waals surface area contributed by atoms with Gasteiger partial charge in [-0.1, -0.05) is 48.5 Å². The van der Waals surface area contributed by atoms with Crippen LogP contribution < -0.4 is 20.5 Å². The predicted octanol–water partition coefficient (Wildman–Crippen LogP) is 5.65. The summed E-state index contributed by atoms with van der Waals surface area (Å²) in [6.45, 7) is -0.383. The van der Waals surface area contributed by atoms with E-state index in [1.54, 1.807) is 0 Å². The number of benzene rings is 4. The molecular formula is C25H15BF3NO.